The predicted octanol–water partition coefficient (Wildman–Crippen LogP) is 1.45. The van der Waals surface area contributed by atoms with Gasteiger partial charge in [-0.15, -0.1) is 0 Å². The number of aliphatic hydroxyl groups excluding tert-OH is 1. The van der Waals surface area contributed by atoms with Crippen molar-refractivity contribution in [2.45, 2.75) is 25.9 Å². The molecule has 4 heteroatoms. The summed E-state index contributed by atoms with van der Waals surface area (Å²) in [5.41, 5.74) is 1.08. The molecule has 1 aromatic rings. The molecule has 0 aromatic heterocycles. The van der Waals surface area contributed by atoms with Gasteiger partial charge >= 0.3 is 0 Å². The van der Waals surface area contributed by atoms with Gasteiger partial charge in [0.25, 0.3) is 0 Å². The van der Waals surface area contributed by atoms with Crippen LogP contribution in [0.5, 0.6) is 5.75 Å². The van der Waals surface area contributed by atoms with E-state index in [2.05, 4.69) is 5.32 Å². The molecule has 2 N–H and O–H groups in total. The van der Waals surface area contributed by atoms with Gasteiger partial charge in [-0.05, 0) is 24.1 Å². The normalized spacial score (nSPS) is 11.8. The molecule has 0 heterocycles. The maximum atomic E-state index is 9.05. The molecule has 1 unspecified atom stereocenters. The molecule has 17 heavy (non-hydrogen) atoms. The van der Waals surface area contributed by atoms with E-state index >= 15 is 0 Å². The lowest BCUT2D eigenvalue weighted by Gasteiger charge is -2.14. The average molecular weight is 234 g/mol. The van der Waals surface area contributed by atoms with Gasteiger partial charge in [-0.25, -0.2) is 0 Å². The van der Waals surface area contributed by atoms with Crippen LogP contribution in [0.25, 0.3) is 0 Å². The minimum absolute atomic E-state index is 0.0606. The molecular weight excluding hydrogens is 216 g/mol. The molecule has 0 saturated heterocycles. The predicted molar refractivity (Wildman–Crippen MR) is 65.6 cm³/mol. The lowest BCUT2D eigenvalue weighted by molar-refractivity contribution is 0.238. The van der Waals surface area contributed by atoms with Crippen LogP contribution in [0.1, 0.15) is 18.9 Å². The SMILES string of the molecule is CCC(CO)NCc1cccc(OCC#N)c1. The van der Waals surface area contributed by atoms with E-state index in [0.717, 1.165) is 12.0 Å². The van der Waals surface area contributed by atoms with Gasteiger partial charge in [-0.3, -0.25) is 0 Å². The minimum Gasteiger partial charge on any atom is -0.479 e. The molecule has 0 aliphatic heterocycles. The third kappa shape index (κ3) is 4.85. The summed E-state index contributed by atoms with van der Waals surface area (Å²) >= 11 is 0. The quantitative estimate of drug-likeness (QED) is 0.749. The van der Waals surface area contributed by atoms with Crippen molar-refractivity contribution < 1.29 is 9.84 Å². The summed E-state index contributed by atoms with van der Waals surface area (Å²) in [6.45, 7) is 2.91. The fourth-order valence-electron chi connectivity index (χ4n) is 1.46. The van der Waals surface area contributed by atoms with Crippen molar-refractivity contribution in [1.82, 2.24) is 5.32 Å². The van der Waals surface area contributed by atoms with Crippen molar-refractivity contribution in [3.05, 3.63) is 29.8 Å². The lowest BCUT2D eigenvalue weighted by atomic mass is 10.2. The summed E-state index contributed by atoms with van der Waals surface area (Å²) in [6.07, 6.45) is 0.890. The highest BCUT2D eigenvalue weighted by Crippen LogP contribution is 2.13. The van der Waals surface area contributed by atoms with E-state index in [1.54, 1.807) is 0 Å². The first-order chi connectivity index (χ1) is 8.30. The van der Waals surface area contributed by atoms with Gasteiger partial charge in [0.15, 0.2) is 6.61 Å². The zero-order valence-corrected chi connectivity index (χ0v) is 10.0. The second-order valence-electron chi connectivity index (χ2n) is 3.76. The van der Waals surface area contributed by atoms with Crippen LogP contribution in [0.3, 0.4) is 0 Å². The Balaban J connectivity index is 2.51. The molecule has 0 aliphatic rings. The third-order valence-corrected chi connectivity index (χ3v) is 2.51. The number of nitrogens with one attached hydrogen (secondary N) is 1. The first-order valence-corrected chi connectivity index (χ1v) is 5.73. The van der Waals surface area contributed by atoms with Crippen molar-refractivity contribution in [3.8, 4) is 11.8 Å². The molecule has 0 fully saturated rings. The summed E-state index contributed by atoms with van der Waals surface area (Å²) in [5, 5.41) is 20.7. The van der Waals surface area contributed by atoms with E-state index in [-0.39, 0.29) is 19.3 Å². The van der Waals surface area contributed by atoms with E-state index in [0.29, 0.717) is 12.3 Å². The second-order valence-corrected chi connectivity index (χ2v) is 3.76. The van der Waals surface area contributed by atoms with E-state index in [4.69, 9.17) is 15.1 Å². The Morgan fingerprint density at radius 1 is 1.53 bits per heavy atom. The molecule has 92 valence electrons. The Labute approximate surface area is 102 Å². The van der Waals surface area contributed by atoms with E-state index in [1.807, 2.05) is 37.3 Å². The number of aliphatic hydroxyl groups is 1. The zero-order chi connectivity index (χ0) is 12.5. The van der Waals surface area contributed by atoms with Crippen molar-refractivity contribution in [2.24, 2.45) is 0 Å². The second kappa shape index (κ2) is 7.66. The van der Waals surface area contributed by atoms with E-state index in [9.17, 15) is 0 Å². The van der Waals surface area contributed by atoms with Gasteiger partial charge in [0, 0.05) is 12.6 Å². The zero-order valence-electron chi connectivity index (χ0n) is 10.0. The lowest BCUT2D eigenvalue weighted by Crippen LogP contribution is -2.31. The Hall–Kier alpha value is -1.57. The highest BCUT2D eigenvalue weighted by Gasteiger charge is 2.03. The summed E-state index contributed by atoms with van der Waals surface area (Å²) in [6, 6.07) is 9.65. The van der Waals surface area contributed by atoms with Gasteiger partial charge in [0.1, 0.15) is 11.8 Å². The molecule has 1 atom stereocenters. The molecule has 0 radical (unpaired) electrons. The maximum Gasteiger partial charge on any atom is 0.174 e. The highest BCUT2D eigenvalue weighted by molar-refractivity contribution is 5.28. The fourth-order valence-corrected chi connectivity index (χ4v) is 1.46. The van der Waals surface area contributed by atoms with Crippen molar-refractivity contribution in [2.75, 3.05) is 13.2 Å². The largest absolute Gasteiger partial charge is 0.479 e. The maximum absolute atomic E-state index is 9.05. The summed E-state index contributed by atoms with van der Waals surface area (Å²) in [4.78, 5) is 0. The Morgan fingerprint density at radius 2 is 2.35 bits per heavy atom. The smallest absolute Gasteiger partial charge is 0.174 e. The van der Waals surface area contributed by atoms with Crippen LogP contribution in [-0.4, -0.2) is 24.4 Å². The van der Waals surface area contributed by atoms with Gasteiger partial charge in [-0.1, -0.05) is 19.1 Å². The minimum atomic E-state index is 0.0606. The molecule has 0 saturated carbocycles. The van der Waals surface area contributed by atoms with E-state index < -0.39 is 0 Å². The first kappa shape index (κ1) is 13.5. The van der Waals surface area contributed by atoms with Crippen LogP contribution in [0, 0.1) is 11.3 Å². The number of rotatable bonds is 7. The first-order valence-electron chi connectivity index (χ1n) is 5.73. The Bertz CT molecular complexity index is 370. The highest BCUT2D eigenvalue weighted by atomic mass is 16.5. The Morgan fingerprint density at radius 3 is 3.00 bits per heavy atom. The van der Waals surface area contributed by atoms with Crippen LogP contribution in [-0.2, 0) is 6.54 Å². The monoisotopic (exact) mass is 234 g/mol. The van der Waals surface area contributed by atoms with Gasteiger partial charge in [0.05, 0.1) is 6.61 Å². The molecule has 4 nitrogen and oxygen atoms in total. The van der Waals surface area contributed by atoms with Crippen LogP contribution in [0.2, 0.25) is 0 Å². The summed E-state index contributed by atoms with van der Waals surface area (Å²) in [5.74, 6) is 0.697. The van der Waals surface area contributed by atoms with Crippen LogP contribution >= 0.6 is 0 Å². The molecule has 0 amide bonds. The van der Waals surface area contributed by atoms with Crippen molar-refractivity contribution >= 4 is 0 Å². The summed E-state index contributed by atoms with van der Waals surface area (Å²) in [7, 11) is 0. The van der Waals surface area contributed by atoms with Gasteiger partial charge < -0.3 is 15.2 Å². The fraction of sp³-hybridized carbons (Fsp3) is 0.462. The number of nitrogens with zero attached hydrogens (tertiary/aromatic N) is 1. The molecule has 1 rings (SSSR count). The van der Waals surface area contributed by atoms with Crippen molar-refractivity contribution in [3.63, 3.8) is 0 Å². The number of benzene rings is 1. The molecule has 1 aromatic carbocycles. The van der Waals surface area contributed by atoms with Gasteiger partial charge in [-0.2, -0.15) is 5.26 Å². The number of ether oxygens (including phenoxy) is 1. The van der Waals surface area contributed by atoms with Crippen LogP contribution < -0.4 is 10.1 Å². The van der Waals surface area contributed by atoms with E-state index in [1.165, 1.54) is 0 Å². The van der Waals surface area contributed by atoms with Crippen LogP contribution in [0.15, 0.2) is 24.3 Å². The average Bonchev–Trinajstić information content (AvgIpc) is 2.38. The number of hydrogen-bond acceptors (Lipinski definition) is 4. The van der Waals surface area contributed by atoms with Crippen molar-refractivity contribution in [1.29, 1.82) is 5.26 Å². The molecular formula is C13H18N2O2. The van der Waals surface area contributed by atoms with Gasteiger partial charge in [0.2, 0.25) is 0 Å². The van der Waals surface area contributed by atoms with Crippen LogP contribution in [0.4, 0.5) is 0 Å². The summed E-state index contributed by atoms with van der Waals surface area (Å²) < 4.78 is 5.22. The Kier molecular flexibility index (Phi) is 6.08. The third-order valence-electron chi connectivity index (χ3n) is 2.51. The molecule has 0 bridgehead atoms. The standard InChI is InChI=1S/C13H18N2O2/c1-2-12(10-16)15-9-11-4-3-5-13(8-11)17-7-6-14/h3-5,8,12,15-16H,2,7,9-10H2,1H3. The molecule has 0 aliphatic carbocycles. The number of nitriles is 1. The topological polar surface area (TPSA) is 65.3 Å². The number of hydrogen-bond donors (Lipinski definition) is 2. The molecule has 0 spiro atoms.